The number of carbonyl (C=O) groups excluding carboxylic acids is 3. The van der Waals surface area contributed by atoms with Gasteiger partial charge >= 0.3 is 11.9 Å². The molecule has 0 aromatic carbocycles. The van der Waals surface area contributed by atoms with Crippen molar-refractivity contribution < 1.29 is 43.9 Å². The van der Waals surface area contributed by atoms with Crippen LogP contribution < -0.4 is 0 Å². The van der Waals surface area contributed by atoms with E-state index in [4.69, 9.17) is 14.2 Å². The van der Waals surface area contributed by atoms with E-state index < -0.39 is 60.4 Å². The van der Waals surface area contributed by atoms with Crippen molar-refractivity contribution in [2.45, 2.75) is 116 Å². The molecule has 0 aliphatic carbocycles. The number of hydrogen-bond donors (Lipinski definition) is 3. The van der Waals surface area contributed by atoms with Crippen LogP contribution in [0.25, 0.3) is 0 Å². The molecule has 2 heterocycles. The van der Waals surface area contributed by atoms with Gasteiger partial charge in [0.1, 0.15) is 6.10 Å². The smallest absolute Gasteiger partial charge is 0.309 e. The predicted octanol–water partition coefficient (Wildman–Crippen LogP) is 3.20. The predicted molar refractivity (Wildman–Crippen MR) is 145 cm³/mol. The fraction of sp³-hybridized carbons (Fsp3) is 0.700. The molecule has 0 aromatic rings. The molecule has 0 unspecified atom stereocenters. The zero-order valence-corrected chi connectivity index (χ0v) is 24.2. The van der Waals surface area contributed by atoms with Crippen molar-refractivity contribution in [1.29, 1.82) is 0 Å². The maximum atomic E-state index is 12.6. The normalized spacial score (nSPS) is 35.8. The number of rotatable bonds is 9. The molecule has 10 atom stereocenters. The van der Waals surface area contributed by atoms with Crippen molar-refractivity contribution in [3.8, 4) is 0 Å². The molecule has 0 spiro atoms. The van der Waals surface area contributed by atoms with Crippen molar-refractivity contribution in [2.24, 2.45) is 17.8 Å². The van der Waals surface area contributed by atoms with E-state index in [1.807, 2.05) is 39.0 Å². The van der Waals surface area contributed by atoms with Crippen molar-refractivity contribution in [2.75, 3.05) is 0 Å². The molecule has 2 aliphatic rings. The van der Waals surface area contributed by atoms with Crippen LogP contribution in [0.5, 0.6) is 0 Å². The summed E-state index contributed by atoms with van der Waals surface area (Å²) in [5, 5.41) is 31.2. The third-order valence-corrected chi connectivity index (χ3v) is 7.58. The second kappa shape index (κ2) is 14.3. The van der Waals surface area contributed by atoms with Crippen LogP contribution >= 0.6 is 0 Å². The minimum atomic E-state index is -2.08. The zero-order chi connectivity index (χ0) is 29.5. The fourth-order valence-electron chi connectivity index (χ4n) is 4.88. The maximum absolute atomic E-state index is 12.6. The Bertz CT molecular complexity index is 950. The van der Waals surface area contributed by atoms with E-state index in [-0.39, 0.29) is 30.1 Å². The lowest BCUT2D eigenvalue weighted by molar-refractivity contribution is -0.163. The third kappa shape index (κ3) is 9.67. The molecular weight excluding hydrogens is 504 g/mol. The molecule has 0 bridgehead atoms. The van der Waals surface area contributed by atoms with Crippen molar-refractivity contribution in [3.63, 3.8) is 0 Å². The third-order valence-electron chi connectivity index (χ3n) is 7.58. The molecule has 2 aliphatic heterocycles. The summed E-state index contributed by atoms with van der Waals surface area (Å²) in [6.45, 7) is 12.1. The highest BCUT2D eigenvalue weighted by molar-refractivity contribution is 5.89. The molecule has 0 aromatic heterocycles. The topological polar surface area (TPSA) is 143 Å². The highest BCUT2D eigenvalue weighted by Crippen LogP contribution is 2.36. The summed E-state index contributed by atoms with van der Waals surface area (Å²) in [5.74, 6) is -2.16. The van der Waals surface area contributed by atoms with E-state index in [0.29, 0.717) is 6.42 Å². The lowest BCUT2D eigenvalue weighted by Gasteiger charge is -2.31. The van der Waals surface area contributed by atoms with Crippen LogP contribution in [0.4, 0.5) is 0 Å². The molecule has 3 N–H and O–H groups in total. The maximum Gasteiger partial charge on any atom is 0.309 e. The van der Waals surface area contributed by atoms with E-state index in [2.05, 4.69) is 6.92 Å². The molecule has 1 saturated heterocycles. The first-order chi connectivity index (χ1) is 18.2. The average Bonchev–Trinajstić information content (AvgIpc) is 3.61. The molecular formula is C30H46O9. The Morgan fingerprint density at radius 1 is 1.23 bits per heavy atom. The van der Waals surface area contributed by atoms with Crippen LogP contribution in [0.15, 0.2) is 36.0 Å². The number of aliphatic hydroxyl groups is 3. The summed E-state index contributed by atoms with van der Waals surface area (Å²) in [6, 6.07) is 0. The van der Waals surface area contributed by atoms with Gasteiger partial charge in [-0.15, -0.1) is 0 Å². The first kappa shape index (κ1) is 32.9. The molecule has 0 radical (unpaired) electrons. The first-order valence-electron chi connectivity index (χ1n) is 13.8. The first-order valence-corrected chi connectivity index (χ1v) is 13.8. The number of aliphatic hydroxyl groups excluding tert-OH is 2. The van der Waals surface area contributed by atoms with Crippen molar-refractivity contribution in [3.05, 3.63) is 36.0 Å². The van der Waals surface area contributed by atoms with Gasteiger partial charge in [-0.25, -0.2) is 0 Å². The number of hydrogen-bond acceptors (Lipinski definition) is 9. The lowest BCUT2D eigenvalue weighted by atomic mass is 9.87. The average molecular weight is 551 g/mol. The van der Waals surface area contributed by atoms with Crippen LogP contribution in [0, 0.1) is 17.8 Å². The lowest BCUT2D eigenvalue weighted by Crippen LogP contribution is -2.49. The Hall–Kier alpha value is -2.33. The van der Waals surface area contributed by atoms with Gasteiger partial charge in [-0.3, -0.25) is 14.4 Å². The quantitative estimate of drug-likeness (QED) is 0.171. The van der Waals surface area contributed by atoms with Crippen molar-refractivity contribution in [1.82, 2.24) is 0 Å². The molecule has 2 rings (SSSR count). The van der Waals surface area contributed by atoms with E-state index in [9.17, 15) is 29.7 Å². The second-order valence-electron chi connectivity index (χ2n) is 11.3. The van der Waals surface area contributed by atoms with Gasteiger partial charge in [0.25, 0.3) is 0 Å². The van der Waals surface area contributed by atoms with Gasteiger partial charge in [0.05, 0.1) is 30.8 Å². The number of epoxide rings is 1. The van der Waals surface area contributed by atoms with Gasteiger partial charge in [-0.2, -0.15) is 0 Å². The van der Waals surface area contributed by atoms with Gasteiger partial charge in [0.2, 0.25) is 0 Å². The van der Waals surface area contributed by atoms with Crippen LogP contribution in [0.1, 0.15) is 74.1 Å². The zero-order valence-electron chi connectivity index (χ0n) is 24.2. The molecule has 39 heavy (non-hydrogen) atoms. The van der Waals surface area contributed by atoms with Gasteiger partial charge < -0.3 is 29.5 Å². The highest BCUT2D eigenvalue weighted by Gasteiger charge is 2.45. The Morgan fingerprint density at radius 3 is 2.51 bits per heavy atom. The molecule has 0 amide bonds. The van der Waals surface area contributed by atoms with Gasteiger partial charge in [-0.1, -0.05) is 52.0 Å². The Labute approximate surface area is 231 Å². The summed E-state index contributed by atoms with van der Waals surface area (Å²) in [6.07, 6.45) is 6.04. The number of carbonyl (C=O) groups is 3. The SMILES string of the molecule is CC[C@H](O)[C@@H](C)[C@H]1O[C@H]1C[C@@H](C)/C=C/C=C(\C)[C@@H]1OC(=O)C[C@H](O)CC(=O)[C@@](C)(O)[C@H](OC(C)=O)/C=C/[C@H]1C. The largest absolute Gasteiger partial charge is 0.457 e. The minimum Gasteiger partial charge on any atom is -0.457 e. The fourth-order valence-corrected chi connectivity index (χ4v) is 4.88. The molecule has 1 fully saturated rings. The minimum absolute atomic E-state index is 0.0820. The Kier molecular flexibility index (Phi) is 12.1. The Balaban J connectivity index is 2.17. The van der Waals surface area contributed by atoms with Gasteiger partial charge in [-0.05, 0) is 44.3 Å². The van der Waals surface area contributed by atoms with E-state index in [1.165, 1.54) is 19.9 Å². The van der Waals surface area contributed by atoms with Crippen LogP contribution in [0.2, 0.25) is 0 Å². The molecule has 220 valence electrons. The molecule has 0 saturated carbocycles. The Morgan fingerprint density at radius 2 is 1.90 bits per heavy atom. The van der Waals surface area contributed by atoms with Crippen molar-refractivity contribution >= 4 is 17.7 Å². The summed E-state index contributed by atoms with van der Waals surface area (Å²) in [7, 11) is 0. The number of ether oxygens (including phenoxy) is 3. The van der Waals surface area contributed by atoms with E-state index >= 15 is 0 Å². The summed E-state index contributed by atoms with van der Waals surface area (Å²) in [4.78, 5) is 36.9. The van der Waals surface area contributed by atoms with E-state index in [0.717, 1.165) is 12.0 Å². The number of Topliss-reactive ketones (excluding diaryl/α,β-unsaturated/α-hetero) is 1. The number of cyclic esters (lactones) is 1. The van der Waals surface area contributed by atoms with E-state index in [1.54, 1.807) is 13.0 Å². The monoisotopic (exact) mass is 550 g/mol. The summed E-state index contributed by atoms with van der Waals surface area (Å²) >= 11 is 0. The molecule has 9 nitrogen and oxygen atoms in total. The van der Waals surface area contributed by atoms with Gasteiger partial charge in [0, 0.05) is 25.2 Å². The van der Waals surface area contributed by atoms with Crippen LogP contribution in [0.3, 0.4) is 0 Å². The van der Waals surface area contributed by atoms with Crippen LogP contribution in [-0.2, 0) is 28.6 Å². The summed E-state index contributed by atoms with van der Waals surface area (Å²) < 4.78 is 16.7. The standard InChI is InChI=1S/C30H46O9/c1-8-23(33)20(5)29-24(38-29)14-17(2)10-9-11-18(3)28-19(4)12-13-26(37-21(6)31)30(7,36)25(34)15-22(32)16-27(35)39-28/h9-13,17,19-20,22-24,26,28-29,32-33,36H,8,14-16H2,1-7H3/b10-9+,13-12+,18-11+/t17-,19+,20+,22+,23-,24-,26+,28-,29+,30+/m0/s1. The highest BCUT2D eigenvalue weighted by atomic mass is 16.6. The molecule has 9 heteroatoms. The second-order valence-corrected chi connectivity index (χ2v) is 11.3. The number of allylic oxidation sites excluding steroid dienone is 3. The number of esters is 2. The van der Waals surface area contributed by atoms with Gasteiger partial charge in [0.15, 0.2) is 17.5 Å². The summed E-state index contributed by atoms with van der Waals surface area (Å²) in [5.41, 5.74) is -1.33. The number of ketones is 1. The van der Waals surface area contributed by atoms with Crippen LogP contribution in [-0.4, -0.2) is 75.3 Å².